The molecule has 0 saturated heterocycles. The highest BCUT2D eigenvalue weighted by atomic mass is 16.5. The minimum Gasteiger partial charge on any atom is -0.383 e. The maximum Gasteiger partial charge on any atom is 0.253 e. The summed E-state index contributed by atoms with van der Waals surface area (Å²) in [6.07, 6.45) is 0. The van der Waals surface area contributed by atoms with Crippen LogP contribution >= 0.6 is 0 Å². The number of carbonyl (C=O) groups excluding carboxylic acids is 1. The fourth-order valence-electron chi connectivity index (χ4n) is 1.82. The summed E-state index contributed by atoms with van der Waals surface area (Å²) in [5.41, 5.74) is 7.93. The average molecular weight is 274 g/mol. The molecule has 0 saturated carbocycles. The lowest BCUT2D eigenvalue weighted by Gasteiger charge is -2.20. The van der Waals surface area contributed by atoms with Gasteiger partial charge in [-0.15, -0.1) is 0 Å². The predicted molar refractivity (Wildman–Crippen MR) is 80.6 cm³/mol. The van der Waals surface area contributed by atoms with Gasteiger partial charge < -0.3 is 15.4 Å². The Labute approximate surface area is 120 Å². The third-order valence-corrected chi connectivity index (χ3v) is 3.04. The van der Waals surface area contributed by atoms with Crippen molar-refractivity contribution in [2.45, 2.75) is 13.8 Å². The predicted octanol–water partition coefficient (Wildman–Crippen LogP) is 1.41. The van der Waals surface area contributed by atoms with Gasteiger partial charge in [-0.3, -0.25) is 4.79 Å². The molecule has 0 aliphatic carbocycles. The standard InChI is InChI=1S/C16H22N2O2/c1-4-18(10-11-20-3)16(19)15-8-7-13(2)14(12-15)6-5-9-17/h7-8,12H,4,9-11,17H2,1-3H3. The Balaban J connectivity index is 2.97. The molecule has 1 aromatic carbocycles. The van der Waals surface area contributed by atoms with E-state index in [9.17, 15) is 4.79 Å². The lowest BCUT2D eigenvalue weighted by Crippen LogP contribution is -2.33. The van der Waals surface area contributed by atoms with Crippen molar-refractivity contribution in [1.29, 1.82) is 0 Å². The largest absolute Gasteiger partial charge is 0.383 e. The second-order valence-corrected chi connectivity index (χ2v) is 4.41. The van der Waals surface area contributed by atoms with Gasteiger partial charge >= 0.3 is 0 Å². The van der Waals surface area contributed by atoms with Crippen LogP contribution in [0.5, 0.6) is 0 Å². The summed E-state index contributed by atoms with van der Waals surface area (Å²) < 4.78 is 5.03. The monoisotopic (exact) mass is 274 g/mol. The highest BCUT2D eigenvalue weighted by molar-refractivity contribution is 5.94. The van der Waals surface area contributed by atoms with Crippen LogP contribution in [0.4, 0.5) is 0 Å². The molecular weight excluding hydrogens is 252 g/mol. The second kappa shape index (κ2) is 8.36. The van der Waals surface area contributed by atoms with Gasteiger partial charge in [0.15, 0.2) is 0 Å². The Morgan fingerprint density at radius 2 is 2.20 bits per heavy atom. The lowest BCUT2D eigenvalue weighted by molar-refractivity contribution is 0.0706. The SMILES string of the molecule is CCN(CCOC)C(=O)c1ccc(C)c(C#CCN)c1. The van der Waals surface area contributed by atoms with Crippen molar-refractivity contribution in [1.82, 2.24) is 4.90 Å². The number of hydrogen-bond donors (Lipinski definition) is 1. The number of nitrogens with zero attached hydrogens (tertiary/aromatic N) is 1. The van der Waals surface area contributed by atoms with E-state index in [0.29, 0.717) is 31.8 Å². The molecule has 0 radical (unpaired) electrons. The maximum atomic E-state index is 12.4. The Kier molecular flexibility index (Phi) is 6.78. The van der Waals surface area contributed by atoms with Gasteiger partial charge in [-0.2, -0.15) is 0 Å². The first-order valence-electron chi connectivity index (χ1n) is 6.71. The molecule has 1 aromatic rings. The maximum absolute atomic E-state index is 12.4. The van der Waals surface area contributed by atoms with Crippen molar-refractivity contribution >= 4 is 5.91 Å². The molecule has 1 rings (SSSR count). The number of amides is 1. The van der Waals surface area contributed by atoms with Crippen molar-refractivity contribution < 1.29 is 9.53 Å². The van der Waals surface area contributed by atoms with Crippen molar-refractivity contribution in [3.63, 3.8) is 0 Å². The molecule has 0 bridgehead atoms. The van der Waals surface area contributed by atoms with Crippen LogP contribution in [0.15, 0.2) is 18.2 Å². The van der Waals surface area contributed by atoms with Crippen LogP contribution in [0.25, 0.3) is 0 Å². The molecule has 20 heavy (non-hydrogen) atoms. The van der Waals surface area contributed by atoms with Crippen LogP contribution in [-0.2, 0) is 4.74 Å². The van der Waals surface area contributed by atoms with Gasteiger partial charge in [0.05, 0.1) is 13.2 Å². The molecule has 0 atom stereocenters. The molecule has 1 amide bonds. The van der Waals surface area contributed by atoms with Crippen molar-refractivity contribution in [2.24, 2.45) is 5.73 Å². The van der Waals surface area contributed by atoms with E-state index in [-0.39, 0.29) is 5.91 Å². The normalized spacial score (nSPS) is 9.80. The van der Waals surface area contributed by atoms with Gasteiger partial charge in [0.2, 0.25) is 0 Å². The van der Waals surface area contributed by atoms with Crippen LogP contribution in [0.3, 0.4) is 0 Å². The summed E-state index contributed by atoms with van der Waals surface area (Å²) in [7, 11) is 1.63. The van der Waals surface area contributed by atoms with E-state index in [1.54, 1.807) is 12.0 Å². The van der Waals surface area contributed by atoms with Crippen LogP contribution < -0.4 is 5.73 Å². The average Bonchev–Trinajstić information content (AvgIpc) is 2.47. The van der Waals surface area contributed by atoms with Crippen LogP contribution in [0, 0.1) is 18.8 Å². The third kappa shape index (κ3) is 4.37. The number of likely N-dealkylation sites (N-methyl/N-ethyl adjacent to an activating group) is 1. The Morgan fingerprint density at radius 3 is 2.80 bits per heavy atom. The minimum atomic E-state index is 0.000323. The van der Waals surface area contributed by atoms with Gasteiger partial charge in [0.25, 0.3) is 5.91 Å². The molecule has 0 aliphatic heterocycles. The molecule has 0 spiro atoms. The van der Waals surface area contributed by atoms with Gasteiger partial charge in [-0.1, -0.05) is 17.9 Å². The number of ether oxygens (including phenoxy) is 1. The van der Waals surface area contributed by atoms with Gasteiger partial charge in [-0.05, 0) is 31.5 Å². The topological polar surface area (TPSA) is 55.6 Å². The first-order valence-corrected chi connectivity index (χ1v) is 6.71. The van der Waals surface area contributed by atoms with Crippen molar-refractivity contribution in [3.05, 3.63) is 34.9 Å². The zero-order valence-electron chi connectivity index (χ0n) is 12.4. The van der Waals surface area contributed by atoms with Gasteiger partial charge in [0.1, 0.15) is 0 Å². The summed E-state index contributed by atoms with van der Waals surface area (Å²) in [6.45, 7) is 6.01. The third-order valence-electron chi connectivity index (χ3n) is 3.04. The number of nitrogens with two attached hydrogens (primary N) is 1. The summed E-state index contributed by atoms with van der Waals surface area (Å²) in [5.74, 6) is 5.82. The summed E-state index contributed by atoms with van der Waals surface area (Å²) in [6, 6.07) is 5.58. The number of benzene rings is 1. The van der Waals surface area contributed by atoms with Gasteiger partial charge in [0, 0.05) is 31.3 Å². The molecule has 4 nitrogen and oxygen atoms in total. The molecule has 0 unspecified atom stereocenters. The fraction of sp³-hybridized carbons (Fsp3) is 0.438. The molecule has 2 N–H and O–H groups in total. The van der Waals surface area contributed by atoms with Crippen molar-refractivity contribution in [2.75, 3.05) is 33.4 Å². The quantitative estimate of drug-likeness (QED) is 0.826. The molecule has 0 heterocycles. The van der Waals surface area contributed by atoms with Gasteiger partial charge in [-0.25, -0.2) is 0 Å². The number of hydrogen-bond acceptors (Lipinski definition) is 3. The van der Waals surface area contributed by atoms with E-state index in [0.717, 1.165) is 11.1 Å². The number of rotatable bonds is 5. The van der Waals surface area contributed by atoms with Crippen molar-refractivity contribution in [3.8, 4) is 11.8 Å². The van der Waals surface area contributed by atoms with Crippen LogP contribution in [0.2, 0.25) is 0 Å². The first-order chi connectivity index (χ1) is 9.63. The fourth-order valence-corrected chi connectivity index (χ4v) is 1.82. The zero-order valence-corrected chi connectivity index (χ0v) is 12.4. The molecular formula is C16H22N2O2. The molecule has 0 aliphatic rings. The van der Waals surface area contributed by atoms with E-state index < -0.39 is 0 Å². The molecule has 0 aromatic heterocycles. The summed E-state index contributed by atoms with van der Waals surface area (Å²) in [5, 5.41) is 0. The lowest BCUT2D eigenvalue weighted by atomic mass is 10.0. The smallest absolute Gasteiger partial charge is 0.253 e. The molecule has 108 valence electrons. The van der Waals surface area contributed by atoms with E-state index >= 15 is 0 Å². The first kappa shape index (κ1) is 16.2. The highest BCUT2D eigenvalue weighted by Crippen LogP contribution is 2.12. The molecule has 4 heteroatoms. The second-order valence-electron chi connectivity index (χ2n) is 4.41. The summed E-state index contributed by atoms with van der Waals surface area (Å²) in [4.78, 5) is 14.2. The van der Waals surface area contributed by atoms with E-state index in [4.69, 9.17) is 10.5 Å². The van der Waals surface area contributed by atoms with E-state index in [1.807, 2.05) is 32.0 Å². The summed E-state index contributed by atoms with van der Waals surface area (Å²) >= 11 is 0. The Bertz CT molecular complexity index is 515. The minimum absolute atomic E-state index is 0.000323. The highest BCUT2D eigenvalue weighted by Gasteiger charge is 2.14. The molecule has 0 fully saturated rings. The van der Waals surface area contributed by atoms with E-state index in [1.165, 1.54) is 0 Å². The Hall–Kier alpha value is -1.83. The van der Waals surface area contributed by atoms with Crippen LogP contribution in [0.1, 0.15) is 28.4 Å². The number of carbonyl (C=O) groups is 1. The Morgan fingerprint density at radius 1 is 1.45 bits per heavy atom. The zero-order chi connectivity index (χ0) is 15.0. The number of methoxy groups -OCH3 is 1. The number of aryl methyl sites for hydroxylation is 1. The van der Waals surface area contributed by atoms with E-state index in [2.05, 4.69) is 11.8 Å². The van der Waals surface area contributed by atoms with Crippen LogP contribution in [-0.4, -0.2) is 44.2 Å².